The molecule has 2 aromatic rings. The molecule has 1 aromatic heterocycles. The number of imidazole rings is 1. The van der Waals surface area contributed by atoms with E-state index in [4.69, 9.17) is 0 Å². The zero-order chi connectivity index (χ0) is 9.97. The van der Waals surface area contributed by atoms with Crippen LogP contribution in [0, 0.1) is 6.92 Å². The van der Waals surface area contributed by atoms with E-state index in [1.807, 2.05) is 7.05 Å². The molecule has 0 aliphatic rings. The van der Waals surface area contributed by atoms with E-state index < -0.39 is 0 Å². The fourth-order valence-electron chi connectivity index (χ4n) is 1.58. The van der Waals surface area contributed by atoms with Crippen LogP contribution in [0.5, 0.6) is 0 Å². The summed E-state index contributed by atoms with van der Waals surface area (Å²) >= 11 is 0. The second-order valence-corrected chi connectivity index (χ2v) is 3.68. The Kier molecular flexibility index (Phi) is 2.35. The van der Waals surface area contributed by atoms with Crippen molar-refractivity contribution in [3.05, 3.63) is 54.1 Å². The van der Waals surface area contributed by atoms with Gasteiger partial charge in [-0.15, -0.1) is 0 Å². The topological polar surface area (TPSA) is 8.81 Å². The monoisotopic (exact) mass is 187 g/mol. The maximum Gasteiger partial charge on any atom is 0.243 e. The van der Waals surface area contributed by atoms with Crippen molar-refractivity contribution in [2.45, 2.75) is 13.5 Å². The number of benzene rings is 1. The third kappa shape index (κ3) is 1.84. The predicted octanol–water partition coefficient (Wildman–Crippen LogP) is 1.67. The van der Waals surface area contributed by atoms with Gasteiger partial charge in [0.05, 0.1) is 7.05 Å². The SMILES string of the molecule is Cc1ccccc1Cn1cc[n+](C)c1. The van der Waals surface area contributed by atoms with Crippen LogP contribution in [0.25, 0.3) is 0 Å². The van der Waals surface area contributed by atoms with E-state index in [1.165, 1.54) is 11.1 Å². The van der Waals surface area contributed by atoms with Crippen LogP contribution in [0.3, 0.4) is 0 Å². The summed E-state index contributed by atoms with van der Waals surface area (Å²) in [4.78, 5) is 0. The Morgan fingerprint density at radius 2 is 2.07 bits per heavy atom. The van der Waals surface area contributed by atoms with Crippen LogP contribution < -0.4 is 4.57 Å². The lowest BCUT2D eigenvalue weighted by Crippen LogP contribution is -2.23. The van der Waals surface area contributed by atoms with Crippen molar-refractivity contribution in [3.63, 3.8) is 0 Å². The Bertz CT molecular complexity index is 429. The van der Waals surface area contributed by atoms with E-state index in [0.717, 1.165) is 6.54 Å². The maximum atomic E-state index is 2.18. The van der Waals surface area contributed by atoms with Gasteiger partial charge in [0.1, 0.15) is 18.9 Å². The van der Waals surface area contributed by atoms with Crippen LogP contribution >= 0.6 is 0 Å². The molecule has 1 heterocycles. The van der Waals surface area contributed by atoms with Gasteiger partial charge in [-0.3, -0.25) is 0 Å². The molecule has 0 saturated carbocycles. The summed E-state index contributed by atoms with van der Waals surface area (Å²) in [6.07, 6.45) is 6.23. The summed E-state index contributed by atoms with van der Waals surface area (Å²) in [7, 11) is 2.04. The van der Waals surface area contributed by atoms with Gasteiger partial charge >= 0.3 is 0 Å². The van der Waals surface area contributed by atoms with Gasteiger partial charge in [0.15, 0.2) is 0 Å². The normalized spacial score (nSPS) is 10.4. The Labute approximate surface area is 84.4 Å². The average Bonchev–Trinajstić information content (AvgIpc) is 2.56. The second-order valence-electron chi connectivity index (χ2n) is 3.68. The lowest BCUT2D eigenvalue weighted by Gasteiger charge is -2.01. The number of nitrogens with zero attached hydrogens (tertiary/aromatic N) is 2. The third-order valence-corrected chi connectivity index (χ3v) is 2.44. The first-order chi connectivity index (χ1) is 6.75. The summed E-state index contributed by atoms with van der Waals surface area (Å²) in [5.41, 5.74) is 2.73. The molecule has 2 rings (SSSR count). The lowest BCUT2D eigenvalue weighted by atomic mass is 10.1. The molecule has 0 spiro atoms. The average molecular weight is 187 g/mol. The minimum Gasteiger partial charge on any atom is -0.240 e. The van der Waals surface area contributed by atoms with Crippen molar-refractivity contribution in [2.75, 3.05) is 0 Å². The van der Waals surface area contributed by atoms with Crippen LogP contribution in [-0.2, 0) is 13.6 Å². The maximum absolute atomic E-state index is 2.18. The summed E-state index contributed by atoms with van der Waals surface area (Å²) in [5.74, 6) is 0. The Hall–Kier alpha value is -1.57. The van der Waals surface area contributed by atoms with Crippen LogP contribution in [0.15, 0.2) is 43.0 Å². The summed E-state index contributed by atoms with van der Waals surface area (Å²) in [6, 6.07) is 8.49. The van der Waals surface area contributed by atoms with Gasteiger partial charge < -0.3 is 0 Å². The standard InChI is InChI=1S/C12H15N2/c1-11-5-3-4-6-12(11)9-14-8-7-13(2)10-14/h3-8,10H,9H2,1-2H3/q+1. The minimum atomic E-state index is 0.952. The van der Waals surface area contributed by atoms with E-state index in [1.54, 1.807) is 0 Å². The van der Waals surface area contributed by atoms with Crippen molar-refractivity contribution in [1.29, 1.82) is 0 Å². The van der Waals surface area contributed by atoms with Crippen LogP contribution in [0.1, 0.15) is 11.1 Å². The van der Waals surface area contributed by atoms with Crippen molar-refractivity contribution in [2.24, 2.45) is 7.05 Å². The highest BCUT2D eigenvalue weighted by Crippen LogP contribution is 2.08. The number of hydrogen-bond acceptors (Lipinski definition) is 0. The van der Waals surface area contributed by atoms with E-state index >= 15 is 0 Å². The third-order valence-electron chi connectivity index (χ3n) is 2.44. The van der Waals surface area contributed by atoms with Crippen LogP contribution in [0.2, 0.25) is 0 Å². The zero-order valence-electron chi connectivity index (χ0n) is 8.64. The largest absolute Gasteiger partial charge is 0.243 e. The van der Waals surface area contributed by atoms with E-state index in [0.29, 0.717) is 0 Å². The molecule has 0 saturated heterocycles. The molecule has 2 nitrogen and oxygen atoms in total. The Balaban J connectivity index is 2.23. The van der Waals surface area contributed by atoms with E-state index in [-0.39, 0.29) is 0 Å². The molecule has 0 bridgehead atoms. The van der Waals surface area contributed by atoms with Gasteiger partial charge in [0.2, 0.25) is 6.33 Å². The molecular weight excluding hydrogens is 172 g/mol. The molecule has 2 heteroatoms. The molecule has 72 valence electrons. The van der Waals surface area contributed by atoms with Crippen molar-refractivity contribution in [3.8, 4) is 0 Å². The van der Waals surface area contributed by atoms with Gasteiger partial charge in [0, 0.05) is 0 Å². The molecule has 0 N–H and O–H groups in total. The highest BCUT2D eigenvalue weighted by atomic mass is 15.1. The first-order valence-corrected chi connectivity index (χ1v) is 4.81. The molecular formula is C12H15N2+. The number of aromatic nitrogens is 2. The fraction of sp³-hybridized carbons (Fsp3) is 0.250. The van der Waals surface area contributed by atoms with Crippen LogP contribution in [0.4, 0.5) is 0 Å². The molecule has 0 radical (unpaired) electrons. The van der Waals surface area contributed by atoms with Crippen LogP contribution in [-0.4, -0.2) is 4.57 Å². The molecule has 14 heavy (non-hydrogen) atoms. The van der Waals surface area contributed by atoms with Gasteiger partial charge in [-0.05, 0) is 18.1 Å². The molecule has 0 fully saturated rings. The summed E-state index contributed by atoms with van der Waals surface area (Å²) in [6.45, 7) is 3.10. The zero-order valence-corrected chi connectivity index (χ0v) is 8.64. The minimum absolute atomic E-state index is 0.952. The molecule has 0 amide bonds. The molecule has 0 aliphatic carbocycles. The lowest BCUT2D eigenvalue weighted by molar-refractivity contribution is -0.671. The van der Waals surface area contributed by atoms with E-state index in [9.17, 15) is 0 Å². The second kappa shape index (κ2) is 3.66. The first-order valence-electron chi connectivity index (χ1n) is 4.81. The highest BCUT2D eigenvalue weighted by Gasteiger charge is 2.03. The van der Waals surface area contributed by atoms with Gasteiger partial charge in [-0.2, -0.15) is 0 Å². The first kappa shape index (κ1) is 9.00. The quantitative estimate of drug-likeness (QED) is 0.632. The Morgan fingerprint density at radius 3 is 2.71 bits per heavy atom. The van der Waals surface area contributed by atoms with Gasteiger partial charge in [0.25, 0.3) is 0 Å². The predicted molar refractivity (Wildman–Crippen MR) is 55.9 cm³/mol. The molecule has 0 unspecified atom stereocenters. The highest BCUT2D eigenvalue weighted by molar-refractivity contribution is 5.25. The summed E-state index contributed by atoms with van der Waals surface area (Å²) < 4.78 is 4.24. The molecule has 0 aliphatic heterocycles. The van der Waals surface area contributed by atoms with Crippen molar-refractivity contribution in [1.82, 2.24) is 4.57 Å². The van der Waals surface area contributed by atoms with Gasteiger partial charge in [-0.25, -0.2) is 9.13 Å². The van der Waals surface area contributed by atoms with Gasteiger partial charge in [-0.1, -0.05) is 24.3 Å². The van der Waals surface area contributed by atoms with E-state index in [2.05, 4.69) is 59.0 Å². The van der Waals surface area contributed by atoms with Crippen molar-refractivity contribution < 1.29 is 4.57 Å². The fourth-order valence-corrected chi connectivity index (χ4v) is 1.58. The summed E-state index contributed by atoms with van der Waals surface area (Å²) in [5, 5.41) is 0. The molecule has 1 aromatic carbocycles. The molecule has 0 atom stereocenters. The smallest absolute Gasteiger partial charge is 0.240 e. The number of rotatable bonds is 2. The van der Waals surface area contributed by atoms with Crippen molar-refractivity contribution >= 4 is 0 Å². The number of aryl methyl sites for hydroxylation is 2. The number of hydrogen-bond donors (Lipinski definition) is 0. The Morgan fingerprint density at radius 1 is 1.29 bits per heavy atom.